The van der Waals surface area contributed by atoms with Gasteiger partial charge in [-0.05, 0) is 17.7 Å². The van der Waals surface area contributed by atoms with Crippen molar-refractivity contribution >= 4 is 28.7 Å². The lowest BCUT2D eigenvalue weighted by Crippen LogP contribution is -2.48. The third kappa shape index (κ3) is 6.37. The molecule has 0 spiro atoms. The number of hydrogen-bond acceptors (Lipinski definition) is 6. The minimum Gasteiger partial charge on any atom is -0.481 e. The van der Waals surface area contributed by atoms with Crippen molar-refractivity contribution < 1.29 is 41.8 Å². The quantitative estimate of drug-likeness (QED) is 0.156. The average molecular weight is 587 g/mol. The molecule has 1 atom stereocenters. The van der Waals surface area contributed by atoms with E-state index in [0.29, 0.717) is 5.52 Å². The number of carboxylic acids is 1. The van der Waals surface area contributed by atoms with Crippen molar-refractivity contribution in [3.63, 3.8) is 0 Å². The number of nitrogens with one attached hydrogen (secondary N) is 1. The Morgan fingerprint density at radius 1 is 0.833 bits per heavy atom. The van der Waals surface area contributed by atoms with E-state index in [-0.39, 0.29) is 18.1 Å². The second-order valence-electron chi connectivity index (χ2n) is 9.03. The maximum Gasteiger partial charge on any atom is 0.317 e. The Bertz CT molecular complexity index is 1780. The first-order chi connectivity index (χ1) is 20.0. The molecule has 1 amide bonds. The first kappa shape index (κ1) is 29.7. The summed E-state index contributed by atoms with van der Waals surface area (Å²) >= 11 is 0. The number of nitrogens with zero attached hydrogens (tertiary/aromatic N) is 2. The molecule has 0 aliphatic carbocycles. The van der Waals surface area contributed by atoms with Gasteiger partial charge >= 0.3 is 17.1 Å². The fraction of sp³-hybridized carbons (Fsp3) is 0.179. The SMILES string of the molecule is O=C(O)C[C@H](NC(=O)Cn1c(=O)c(=O)n(Cc2ccccc2)c2ccccc21)C(=O)COc1c(F)c(F)cc(F)c1F. The summed E-state index contributed by atoms with van der Waals surface area (Å²) in [6, 6.07) is 13.2. The van der Waals surface area contributed by atoms with Crippen molar-refractivity contribution in [2.45, 2.75) is 25.6 Å². The Labute approximate surface area is 233 Å². The summed E-state index contributed by atoms with van der Waals surface area (Å²) in [5.74, 6) is -12.8. The van der Waals surface area contributed by atoms with Crippen molar-refractivity contribution in [3.05, 3.63) is 110 Å². The van der Waals surface area contributed by atoms with Crippen LogP contribution in [0.4, 0.5) is 17.6 Å². The van der Waals surface area contributed by atoms with E-state index in [2.05, 4.69) is 10.1 Å². The molecule has 2 N–H and O–H groups in total. The van der Waals surface area contributed by atoms with Crippen LogP contribution in [0.2, 0.25) is 0 Å². The molecule has 0 unspecified atom stereocenters. The Morgan fingerprint density at radius 2 is 1.38 bits per heavy atom. The monoisotopic (exact) mass is 587 g/mol. The van der Waals surface area contributed by atoms with E-state index in [9.17, 15) is 46.6 Å². The zero-order valence-electron chi connectivity index (χ0n) is 21.5. The molecule has 3 aromatic carbocycles. The molecule has 0 aliphatic rings. The Morgan fingerprint density at radius 3 is 1.98 bits per heavy atom. The molecule has 10 nitrogen and oxygen atoms in total. The number of ether oxygens (including phenoxy) is 1. The van der Waals surface area contributed by atoms with Gasteiger partial charge in [-0.1, -0.05) is 42.5 Å². The molecule has 0 fully saturated rings. The lowest BCUT2D eigenvalue weighted by Gasteiger charge is -2.18. The van der Waals surface area contributed by atoms with Gasteiger partial charge in [0.1, 0.15) is 19.2 Å². The molecular weight excluding hydrogens is 566 g/mol. The van der Waals surface area contributed by atoms with E-state index < -0.39 is 83.4 Å². The molecule has 4 rings (SSSR count). The molecule has 0 bridgehead atoms. The molecule has 0 saturated carbocycles. The number of carboxylic acid groups (broad SMARTS) is 1. The van der Waals surface area contributed by atoms with Crippen molar-refractivity contribution in [2.24, 2.45) is 0 Å². The van der Waals surface area contributed by atoms with Crippen LogP contribution in [-0.4, -0.2) is 44.5 Å². The predicted octanol–water partition coefficient (Wildman–Crippen LogP) is 2.38. The molecule has 4 aromatic rings. The Hall–Kier alpha value is -5.27. The minimum absolute atomic E-state index is 0.0635. The summed E-state index contributed by atoms with van der Waals surface area (Å²) in [5.41, 5.74) is -0.766. The standard InChI is InChI=1S/C28H21F4N3O7/c29-16-10-17(30)25(32)26(24(16)31)42-14-21(36)18(11-23(38)39)33-22(37)13-35-20-9-5-4-8-19(20)34(27(40)28(35)41)12-15-6-2-1-3-7-15/h1-10,18H,11-14H2,(H,33,37)(H,38,39)/t18-/m0/s1. The van der Waals surface area contributed by atoms with Crippen molar-refractivity contribution in [3.8, 4) is 5.75 Å². The zero-order chi connectivity index (χ0) is 30.6. The van der Waals surface area contributed by atoms with Crippen LogP contribution in [0.5, 0.6) is 5.75 Å². The van der Waals surface area contributed by atoms with Gasteiger partial charge in [-0.25, -0.2) is 8.78 Å². The van der Waals surface area contributed by atoms with Crippen molar-refractivity contribution in [1.29, 1.82) is 0 Å². The average Bonchev–Trinajstić information content (AvgIpc) is 2.96. The summed E-state index contributed by atoms with van der Waals surface area (Å²) in [4.78, 5) is 62.9. The number of carbonyl (C=O) groups is 3. The molecule has 42 heavy (non-hydrogen) atoms. The molecule has 14 heteroatoms. The topological polar surface area (TPSA) is 137 Å². The van der Waals surface area contributed by atoms with E-state index in [1.54, 1.807) is 48.5 Å². The number of Topliss-reactive ketones (excluding diaryl/α,β-unsaturated/α-hetero) is 1. The number of fused-ring (bicyclic) bond motifs is 1. The molecule has 0 aliphatic heterocycles. The van der Waals surface area contributed by atoms with Crippen LogP contribution in [-0.2, 0) is 27.5 Å². The number of rotatable bonds is 11. The van der Waals surface area contributed by atoms with Crippen LogP contribution in [0.3, 0.4) is 0 Å². The first-order valence-electron chi connectivity index (χ1n) is 12.2. The van der Waals surface area contributed by atoms with Crippen LogP contribution in [0.15, 0.2) is 70.3 Å². The fourth-order valence-electron chi connectivity index (χ4n) is 4.18. The van der Waals surface area contributed by atoms with Crippen LogP contribution in [0.25, 0.3) is 11.0 Å². The third-order valence-electron chi connectivity index (χ3n) is 6.15. The van der Waals surface area contributed by atoms with Gasteiger partial charge in [-0.15, -0.1) is 0 Å². The first-order valence-corrected chi connectivity index (χ1v) is 12.2. The number of para-hydroxylation sites is 2. The van der Waals surface area contributed by atoms with Crippen molar-refractivity contribution in [1.82, 2.24) is 14.5 Å². The zero-order valence-corrected chi connectivity index (χ0v) is 21.5. The number of amides is 1. The number of hydrogen-bond donors (Lipinski definition) is 2. The van der Waals surface area contributed by atoms with Gasteiger partial charge in [0.25, 0.3) is 0 Å². The molecule has 1 aromatic heterocycles. The van der Waals surface area contributed by atoms with Gasteiger partial charge in [0, 0.05) is 6.07 Å². The fourth-order valence-corrected chi connectivity index (χ4v) is 4.18. The van der Waals surface area contributed by atoms with Gasteiger partial charge in [-0.3, -0.25) is 33.1 Å². The van der Waals surface area contributed by atoms with Crippen LogP contribution < -0.4 is 21.2 Å². The van der Waals surface area contributed by atoms with Gasteiger partial charge in [0.15, 0.2) is 23.2 Å². The predicted molar refractivity (Wildman–Crippen MR) is 139 cm³/mol. The van der Waals surface area contributed by atoms with Gasteiger partial charge in [0.2, 0.25) is 17.5 Å². The summed E-state index contributed by atoms with van der Waals surface area (Å²) in [7, 11) is 0. The largest absolute Gasteiger partial charge is 0.481 e. The van der Waals surface area contributed by atoms with Gasteiger partial charge < -0.3 is 15.2 Å². The Kier molecular flexibility index (Phi) is 8.84. The smallest absolute Gasteiger partial charge is 0.317 e. The molecular formula is C28H21F4N3O7. The summed E-state index contributed by atoms with van der Waals surface area (Å²) in [6.07, 6.45) is -1.01. The van der Waals surface area contributed by atoms with E-state index in [1.165, 1.54) is 10.6 Å². The van der Waals surface area contributed by atoms with E-state index in [1.807, 2.05) is 0 Å². The second-order valence-corrected chi connectivity index (χ2v) is 9.03. The van der Waals surface area contributed by atoms with Crippen LogP contribution in [0.1, 0.15) is 12.0 Å². The van der Waals surface area contributed by atoms with Crippen molar-refractivity contribution in [2.75, 3.05) is 6.61 Å². The number of aliphatic carboxylic acids is 1. The number of carbonyl (C=O) groups excluding carboxylic acids is 2. The lowest BCUT2D eigenvalue weighted by atomic mass is 10.1. The minimum atomic E-state index is -1.92. The number of ketones is 1. The van der Waals surface area contributed by atoms with E-state index in [4.69, 9.17) is 0 Å². The van der Waals surface area contributed by atoms with E-state index >= 15 is 0 Å². The van der Waals surface area contributed by atoms with E-state index in [0.717, 1.165) is 10.1 Å². The van der Waals surface area contributed by atoms with Crippen LogP contribution in [0, 0.1) is 23.3 Å². The maximum atomic E-state index is 13.9. The summed E-state index contributed by atoms with van der Waals surface area (Å²) in [6.45, 7) is -2.01. The normalized spacial score (nSPS) is 11.7. The van der Waals surface area contributed by atoms with Gasteiger partial charge in [0.05, 0.1) is 24.0 Å². The Balaban J connectivity index is 1.57. The lowest BCUT2D eigenvalue weighted by molar-refractivity contribution is -0.140. The highest BCUT2D eigenvalue weighted by Gasteiger charge is 2.27. The summed E-state index contributed by atoms with van der Waals surface area (Å²) in [5, 5.41) is 11.3. The molecule has 0 saturated heterocycles. The highest BCUT2D eigenvalue weighted by Crippen LogP contribution is 2.26. The summed E-state index contributed by atoms with van der Waals surface area (Å²) < 4.78 is 61.3. The second kappa shape index (κ2) is 12.5. The highest BCUT2D eigenvalue weighted by atomic mass is 19.2. The van der Waals surface area contributed by atoms with Crippen LogP contribution >= 0.6 is 0 Å². The molecule has 1 heterocycles. The number of halogens is 4. The molecule has 218 valence electrons. The number of aromatic nitrogens is 2. The highest BCUT2D eigenvalue weighted by molar-refractivity contribution is 5.93. The number of benzene rings is 3. The molecule has 0 radical (unpaired) electrons. The third-order valence-corrected chi connectivity index (χ3v) is 6.15. The maximum absolute atomic E-state index is 13.9. The van der Waals surface area contributed by atoms with Gasteiger partial charge in [-0.2, -0.15) is 8.78 Å².